The van der Waals surface area contributed by atoms with Gasteiger partial charge in [0.25, 0.3) is 0 Å². The SMILES string of the molecule is CN(CCCO)C(=O)CCC(=O)O. The quantitative estimate of drug-likeness (QED) is 0.601. The normalized spacial score (nSPS) is 9.69. The van der Waals surface area contributed by atoms with E-state index in [4.69, 9.17) is 10.2 Å². The highest BCUT2D eigenvalue weighted by molar-refractivity contribution is 5.80. The highest BCUT2D eigenvalue weighted by Gasteiger charge is 2.09. The number of hydrogen-bond acceptors (Lipinski definition) is 3. The van der Waals surface area contributed by atoms with Crippen LogP contribution in [0.3, 0.4) is 0 Å². The van der Waals surface area contributed by atoms with E-state index in [9.17, 15) is 9.59 Å². The van der Waals surface area contributed by atoms with Gasteiger partial charge >= 0.3 is 5.97 Å². The van der Waals surface area contributed by atoms with Gasteiger partial charge in [-0.15, -0.1) is 0 Å². The Balaban J connectivity index is 3.63. The summed E-state index contributed by atoms with van der Waals surface area (Å²) in [6.07, 6.45) is 0.412. The second-order valence-electron chi connectivity index (χ2n) is 2.79. The number of aliphatic carboxylic acids is 1. The molecule has 0 atom stereocenters. The average molecular weight is 189 g/mol. The van der Waals surface area contributed by atoms with E-state index < -0.39 is 5.97 Å². The van der Waals surface area contributed by atoms with Gasteiger partial charge in [-0.1, -0.05) is 0 Å². The van der Waals surface area contributed by atoms with Crippen molar-refractivity contribution in [3.63, 3.8) is 0 Å². The summed E-state index contributed by atoms with van der Waals surface area (Å²) in [5.74, 6) is -1.17. The van der Waals surface area contributed by atoms with Crippen molar-refractivity contribution in [1.29, 1.82) is 0 Å². The maximum Gasteiger partial charge on any atom is 0.303 e. The van der Waals surface area contributed by atoms with Gasteiger partial charge in [0.05, 0.1) is 6.42 Å². The van der Waals surface area contributed by atoms with Crippen LogP contribution in [0.2, 0.25) is 0 Å². The Bertz CT molecular complexity index is 181. The number of aliphatic hydroxyl groups excluding tert-OH is 1. The van der Waals surface area contributed by atoms with Crippen LogP contribution in [-0.2, 0) is 9.59 Å². The number of hydrogen-bond donors (Lipinski definition) is 2. The number of carboxylic acids is 1. The van der Waals surface area contributed by atoms with E-state index in [1.807, 2.05) is 0 Å². The molecule has 0 fully saturated rings. The van der Waals surface area contributed by atoms with Crippen molar-refractivity contribution in [2.24, 2.45) is 0 Å². The molecule has 0 heterocycles. The van der Waals surface area contributed by atoms with Gasteiger partial charge in [-0.25, -0.2) is 0 Å². The molecule has 0 aliphatic carbocycles. The first kappa shape index (κ1) is 11.9. The molecule has 13 heavy (non-hydrogen) atoms. The van der Waals surface area contributed by atoms with Crippen LogP contribution >= 0.6 is 0 Å². The van der Waals surface area contributed by atoms with Crippen molar-refractivity contribution in [1.82, 2.24) is 4.90 Å². The van der Waals surface area contributed by atoms with Crippen molar-refractivity contribution in [2.75, 3.05) is 20.2 Å². The molecular weight excluding hydrogens is 174 g/mol. The summed E-state index contributed by atoms with van der Waals surface area (Å²) < 4.78 is 0. The Kier molecular flexibility index (Phi) is 5.88. The molecule has 5 heteroatoms. The first-order chi connectivity index (χ1) is 6.07. The maximum absolute atomic E-state index is 11.1. The summed E-state index contributed by atoms with van der Waals surface area (Å²) in [6, 6.07) is 0. The molecule has 0 saturated heterocycles. The van der Waals surface area contributed by atoms with Crippen molar-refractivity contribution < 1.29 is 19.8 Å². The average Bonchev–Trinajstić information content (AvgIpc) is 2.10. The van der Waals surface area contributed by atoms with Gasteiger partial charge in [-0.3, -0.25) is 9.59 Å². The standard InChI is InChI=1S/C8H15NO4/c1-9(5-2-6-10)7(11)3-4-8(12)13/h10H,2-6H2,1H3,(H,12,13). The largest absolute Gasteiger partial charge is 0.481 e. The van der Waals surface area contributed by atoms with E-state index in [1.54, 1.807) is 7.05 Å². The molecule has 1 amide bonds. The van der Waals surface area contributed by atoms with Gasteiger partial charge < -0.3 is 15.1 Å². The zero-order valence-electron chi connectivity index (χ0n) is 7.69. The predicted molar refractivity (Wildman–Crippen MR) is 46.2 cm³/mol. The third-order valence-corrected chi connectivity index (χ3v) is 1.63. The zero-order valence-corrected chi connectivity index (χ0v) is 7.69. The maximum atomic E-state index is 11.1. The fourth-order valence-corrected chi connectivity index (χ4v) is 0.837. The second-order valence-corrected chi connectivity index (χ2v) is 2.79. The molecule has 5 nitrogen and oxygen atoms in total. The lowest BCUT2D eigenvalue weighted by Gasteiger charge is -2.15. The Morgan fingerprint density at radius 1 is 1.31 bits per heavy atom. The lowest BCUT2D eigenvalue weighted by atomic mass is 10.3. The summed E-state index contributed by atoms with van der Waals surface area (Å²) in [4.78, 5) is 22.7. The van der Waals surface area contributed by atoms with Crippen molar-refractivity contribution >= 4 is 11.9 Å². The van der Waals surface area contributed by atoms with Gasteiger partial charge in [0, 0.05) is 26.6 Å². The predicted octanol–water partition coefficient (Wildman–Crippen LogP) is -0.308. The lowest BCUT2D eigenvalue weighted by Crippen LogP contribution is -2.28. The molecule has 0 unspecified atom stereocenters. The zero-order chi connectivity index (χ0) is 10.3. The first-order valence-electron chi connectivity index (χ1n) is 4.14. The highest BCUT2D eigenvalue weighted by atomic mass is 16.4. The Morgan fingerprint density at radius 3 is 2.38 bits per heavy atom. The Labute approximate surface area is 77.0 Å². The van der Waals surface area contributed by atoms with E-state index in [-0.39, 0.29) is 25.4 Å². The minimum atomic E-state index is -0.969. The molecule has 0 aromatic heterocycles. The fraction of sp³-hybridized carbons (Fsp3) is 0.750. The van der Waals surface area contributed by atoms with Crippen LogP contribution in [0.1, 0.15) is 19.3 Å². The van der Waals surface area contributed by atoms with Gasteiger partial charge in [0.2, 0.25) is 5.91 Å². The van der Waals surface area contributed by atoms with Crippen LogP contribution in [0.5, 0.6) is 0 Å². The van der Waals surface area contributed by atoms with E-state index in [0.29, 0.717) is 13.0 Å². The molecule has 0 aliphatic heterocycles. The number of carbonyl (C=O) groups is 2. The topological polar surface area (TPSA) is 77.8 Å². The van der Waals surface area contributed by atoms with Crippen LogP contribution in [0, 0.1) is 0 Å². The second kappa shape index (κ2) is 6.42. The number of aliphatic hydroxyl groups is 1. The van der Waals surface area contributed by atoms with Crippen LogP contribution < -0.4 is 0 Å². The molecule has 0 spiro atoms. The van der Waals surface area contributed by atoms with Crippen LogP contribution in [0.15, 0.2) is 0 Å². The van der Waals surface area contributed by atoms with Gasteiger partial charge in [0.15, 0.2) is 0 Å². The minimum absolute atomic E-state index is 0.0251. The summed E-state index contributed by atoms with van der Waals surface area (Å²) in [5.41, 5.74) is 0. The Hall–Kier alpha value is -1.10. The number of carbonyl (C=O) groups excluding carboxylic acids is 1. The summed E-state index contributed by atoms with van der Waals surface area (Å²) in [5, 5.41) is 16.8. The van der Waals surface area contributed by atoms with Crippen molar-refractivity contribution in [3.05, 3.63) is 0 Å². The molecule has 0 aromatic rings. The lowest BCUT2D eigenvalue weighted by molar-refractivity contribution is -0.140. The molecule has 0 saturated carbocycles. The van der Waals surface area contributed by atoms with Gasteiger partial charge in [-0.05, 0) is 6.42 Å². The molecule has 0 bridgehead atoms. The minimum Gasteiger partial charge on any atom is -0.481 e. The van der Waals surface area contributed by atoms with Gasteiger partial charge in [-0.2, -0.15) is 0 Å². The van der Waals surface area contributed by atoms with Crippen LogP contribution in [0.4, 0.5) is 0 Å². The number of amides is 1. The highest BCUT2D eigenvalue weighted by Crippen LogP contribution is 1.96. The molecule has 2 N–H and O–H groups in total. The molecule has 0 aromatic carbocycles. The van der Waals surface area contributed by atoms with E-state index in [2.05, 4.69) is 0 Å². The van der Waals surface area contributed by atoms with E-state index in [0.717, 1.165) is 0 Å². The third kappa shape index (κ3) is 6.10. The fourth-order valence-electron chi connectivity index (χ4n) is 0.837. The number of rotatable bonds is 6. The van der Waals surface area contributed by atoms with Crippen molar-refractivity contribution in [3.8, 4) is 0 Å². The monoisotopic (exact) mass is 189 g/mol. The summed E-state index contributed by atoms with van der Waals surface area (Å²) in [7, 11) is 1.60. The molecule has 0 aliphatic rings. The van der Waals surface area contributed by atoms with Gasteiger partial charge in [0.1, 0.15) is 0 Å². The van der Waals surface area contributed by atoms with Crippen LogP contribution in [-0.4, -0.2) is 47.2 Å². The molecule has 0 rings (SSSR count). The smallest absolute Gasteiger partial charge is 0.303 e. The number of carboxylic acid groups (broad SMARTS) is 1. The molecule has 76 valence electrons. The first-order valence-corrected chi connectivity index (χ1v) is 4.14. The summed E-state index contributed by atoms with van der Waals surface area (Å²) >= 11 is 0. The van der Waals surface area contributed by atoms with Crippen LogP contribution in [0.25, 0.3) is 0 Å². The number of nitrogens with zero attached hydrogens (tertiary/aromatic N) is 1. The van der Waals surface area contributed by atoms with Crippen molar-refractivity contribution in [2.45, 2.75) is 19.3 Å². The Morgan fingerprint density at radius 2 is 1.92 bits per heavy atom. The summed E-state index contributed by atoms with van der Waals surface area (Å²) in [6.45, 7) is 0.505. The third-order valence-electron chi connectivity index (χ3n) is 1.63. The van der Waals surface area contributed by atoms with E-state index in [1.165, 1.54) is 4.90 Å². The molecular formula is C8H15NO4. The van der Waals surface area contributed by atoms with E-state index >= 15 is 0 Å². The molecule has 0 radical (unpaired) electrons.